The van der Waals surface area contributed by atoms with E-state index in [1.54, 1.807) is 51.3 Å². The molecule has 1 heterocycles. The number of fused-ring (bicyclic) bond motifs is 1. The van der Waals surface area contributed by atoms with E-state index in [0.717, 1.165) is 5.56 Å². The zero-order valence-corrected chi connectivity index (χ0v) is 21.7. The van der Waals surface area contributed by atoms with Crippen molar-refractivity contribution in [2.24, 2.45) is 5.73 Å². The van der Waals surface area contributed by atoms with Gasteiger partial charge in [0, 0.05) is 17.4 Å². The first-order chi connectivity index (χ1) is 17.5. The van der Waals surface area contributed by atoms with Gasteiger partial charge in [0.2, 0.25) is 5.91 Å². The van der Waals surface area contributed by atoms with E-state index in [4.69, 9.17) is 10.5 Å². The molecule has 0 aliphatic rings. The number of para-hydroxylation sites is 2. The molecule has 10 nitrogen and oxygen atoms in total. The topological polar surface area (TPSA) is 148 Å². The number of carbonyl (C=O) groups is 1. The van der Waals surface area contributed by atoms with Crippen molar-refractivity contribution in [3.63, 3.8) is 0 Å². The van der Waals surface area contributed by atoms with E-state index in [1.165, 1.54) is 18.2 Å². The lowest BCUT2D eigenvalue weighted by molar-refractivity contribution is -0.120. The molecule has 0 bridgehead atoms. The molecule has 4 aromatic rings. The maximum Gasteiger partial charge on any atom is 0.263 e. The third kappa shape index (κ3) is 5.96. The Balaban J connectivity index is 1.72. The van der Waals surface area contributed by atoms with Gasteiger partial charge in [0.15, 0.2) is 11.6 Å². The highest BCUT2D eigenvalue weighted by Crippen LogP contribution is 2.30. The maximum atomic E-state index is 13.4. The number of anilines is 4. The van der Waals surface area contributed by atoms with Crippen molar-refractivity contribution in [2.75, 3.05) is 22.5 Å². The Morgan fingerprint density at radius 2 is 1.62 bits per heavy atom. The number of amides is 1. The summed E-state index contributed by atoms with van der Waals surface area (Å²) in [6.07, 6.45) is 0. The smallest absolute Gasteiger partial charge is 0.263 e. The summed E-state index contributed by atoms with van der Waals surface area (Å²) in [5.74, 6) is 0.408. The molecular formula is C26H28N6O4S. The van der Waals surface area contributed by atoms with Crippen molar-refractivity contribution in [3.8, 4) is 5.75 Å². The Kier molecular flexibility index (Phi) is 7.01. The first kappa shape index (κ1) is 25.9. The van der Waals surface area contributed by atoms with Crippen molar-refractivity contribution in [1.29, 1.82) is 0 Å². The Morgan fingerprint density at radius 3 is 2.27 bits per heavy atom. The van der Waals surface area contributed by atoms with Gasteiger partial charge in [0.25, 0.3) is 10.0 Å². The number of nitrogens with one attached hydrogen (secondary N) is 3. The molecule has 4 rings (SSSR count). The van der Waals surface area contributed by atoms with Crippen LogP contribution in [0.1, 0.15) is 19.4 Å². The van der Waals surface area contributed by atoms with Crippen LogP contribution >= 0.6 is 0 Å². The second kappa shape index (κ2) is 10.0. The largest absolute Gasteiger partial charge is 0.497 e. The number of hydrogen-bond donors (Lipinski definition) is 4. The molecule has 192 valence electrons. The quantitative estimate of drug-likeness (QED) is 0.271. The molecule has 0 saturated heterocycles. The molecule has 0 unspecified atom stereocenters. The number of aryl methyl sites for hydroxylation is 1. The SMILES string of the molecule is COc1ccc(C)c(Nc2nc3ccccc3nc2NS(=O)(=O)c2cccc(NC(=O)C(C)(C)N)c2)c1. The van der Waals surface area contributed by atoms with Crippen LogP contribution in [0.4, 0.5) is 23.0 Å². The lowest BCUT2D eigenvalue weighted by Gasteiger charge is -2.18. The summed E-state index contributed by atoms with van der Waals surface area (Å²) >= 11 is 0. The number of nitrogens with zero attached hydrogens (tertiary/aromatic N) is 2. The van der Waals surface area contributed by atoms with Gasteiger partial charge in [-0.3, -0.25) is 9.52 Å². The fourth-order valence-electron chi connectivity index (χ4n) is 3.37. The van der Waals surface area contributed by atoms with Gasteiger partial charge in [0.1, 0.15) is 5.75 Å². The normalized spacial score (nSPS) is 11.7. The molecule has 1 amide bonds. The Labute approximate surface area is 215 Å². The van der Waals surface area contributed by atoms with Crippen LogP contribution in [0.5, 0.6) is 5.75 Å². The monoisotopic (exact) mass is 520 g/mol. The highest BCUT2D eigenvalue weighted by molar-refractivity contribution is 7.92. The van der Waals surface area contributed by atoms with Gasteiger partial charge in [-0.1, -0.05) is 24.3 Å². The number of ether oxygens (including phenoxy) is 1. The van der Waals surface area contributed by atoms with E-state index in [9.17, 15) is 13.2 Å². The van der Waals surface area contributed by atoms with Gasteiger partial charge in [0.05, 0.1) is 28.6 Å². The average Bonchev–Trinajstić information content (AvgIpc) is 2.85. The lowest BCUT2D eigenvalue weighted by atomic mass is 10.1. The first-order valence-electron chi connectivity index (χ1n) is 11.4. The van der Waals surface area contributed by atoms with E-state index >= 15 is 0 Å². The van der Waals surface area contributed by atoms with E-state index < -0.39 is 21.5 Å². The van der Waals surface area contributed by atoms with Crippen LogP contribution in [-0.2, 0) is 14.8 Å². The number of benzene rings is 3. The van der Waals surface area contributed by atoms with Crippen LogP contribution in [0.15, 0.2) is 71.6 Å². The molecule has 0 aliphatic heterocycles. The van der Waals surface area contributed by atoms with E-state index in [1.807, 2.05) is 25.1 Å². The third-order valence-corrected chi connectivity index (χ3v) is 6.82. The number of methoxy groups -OCH3 is 1. The van der Waals surface area contributed by atoms with Crippen LogP contribution in [-0.4, -0.2) is 36.9 Å². The second-order valence-electron chi connectivity index (χ2n) is 9.02. The molecular weight excluding hydrogens is 492 g/mol. The minimum absolute atomic E-state index is 0.0125. The summed E-state index contributed by atoms with van der Waals surface area (Å²) in [6, 6.07) is 18.5. The zero-order valence-electron chi connectivity index (χ0n) is 20.9. The predicted molar refractivity (Wildman–Crippen MR) is 145 cm³/mol. The molecule has 5 N–H and O–H groups in total. The second-order valence-corrected chi connectivity index (χ2v) is 10.7. The van der Waals surface area contributed by atoms with Crippen LogP contribution < -0.4 is 25.8 Å². The third-order valence-electron chi connectivity index (χ3n) is 5.49. The van der Waals surface area contributed by atoms with Gasteiger partial charge >= 0.3 is 0 Å². The highest BCUT2D eigenvalue weighted by atomic mass is 32.2. The first-order valence-corrected chi connectivity index (χ1v) is 12.9. The number of hydrogen-bond acceptors (Lipinski definition) is 8. The van der Waals surface area contributed by atoms with Gasteiger partial charge < -0.3 is 21.1 Å². The maximum absolute atomic E-state index is 13.4. The summed E-state index contributed by atoms with van der Waals surface area (Å²) in [4.78, 5) is 21.3. The van der Waals surface area contributed by atoms with Crippen molar-refractivity contribution in [1.82, 2.24) is 9.97 Å². The van der Waals surface area contributed by atoms with Gasteiger partial charge in [-0.2, -0.15) is 0 Å². The number of rotatable bonds is 8. The van der Waals surface area contributed by atoms with Crippen LogP contribution in [0.3, 0.4) is 0 Å². The van der Waals surface area contributed by atoms with E-state index in [0.29, 0.717) is 28.2 Å². The van der Waals surface area contributed by atoms with Gasteiger partial charge in [-0.25, -0.2) is 18.4 Å². The zero-order chi connectivity index (χ0) is 26.8. The number of carbonyl (C=O) groups excluding carboxylic acids is 1. The van der Waals surface area contributed by atoms with Gasteiger partial charge in [-0.05, 0) is 62.7 Å². The molecule has 0 radical (unpaired) electrons. The molecule has 0 atom stereocenters. The molecule has 37 heavy (non-hydrogen) atoms. The van der Waals surface area contributed by atoms with Gasteiger partial charge in [-0.15, -0.1) is 0 Å². The minimum Gasteiger partial charge on any atom is -0.497 e. The van der Waals surface area contributed by atoms with E-state index in [-0.39, 0.29) is 16.5 Å². The van der Waals surface area contributed by atoms with Crippen LogP contribution in [0, 0.1) is 6.92 Å². The molecule has 0 saturated carbocycles. The summed E-state index contributed by atoms with van der Waals surface area (Å²) in [6.45, 7) is 5.02. The Morgan fingerprint density at radius 1 is 0.946 bits per heavy atom. The van der Waals surface area contributed by atoms with Crippen LogP contribution in [0.25, 0.3) is 11.0 Å². The predicted octanol–water partition coefficient (Wildman–Crippen LogP) is 4.17. The molecule has 0 spiro atoms. The minimum atomic E-state index is -4.11. The Bertz CT molecular complexity index is 1580. The summed E-state index contributed by atoms with van der Waals surface area (Å²) in [7, 11) is -2.55. The number of aromatic nitrogens is 2. The molecule has 3 aromatic carbocycles. The fraction of sp³-hybridized carbons (Fsp3) is 0.192. The average molecular weight is 521 g/mol. The summed E-state index contributed by atoms with van der Waals surface area (Å²) in [5.41, 5.74) is 7.67. The Hall–Kier alpha value is -4.22. The number of nitrogens with two attached hydrogens (primary N) is 1. The van der Waals surface area contributed by atoms with Crippen molar-refractivity contribution < 1.29 is 17.9 Å². The lowest BCUT2D eigenvalue weighted by Crippen LogP contribution is -2.45. The molecule has 0 aliphatic carbocycles. The number of sulfonamides is 1. The van der Waals surface area contributed by atoms with E-state index in [2.05, 4.69) is 25.3 Å². The summed E-state index contributed by atoms with van der Waals surface area (Å²) < 4.78 is 34.6. The molecule has 0 fully saturated rings. The highest BCUT2D eigenvalue weighted by Gasteiger charge is 2.23. The summed E-state index contributed by atoms with van der Waals surface area (Å²) in [5, 5.41) is 5.82. The molecule has 11 heteroatoms. The fourth-order valence-corrected chi connectivity index (χ4v) is 4.42. The standard InChI is InChI=1S/C26H28N6O4S/c1-16-12-13-18(36-4)15-22(16)31-23-24(30-21-11-6-5-10-20(21)29-23)32-37(34,35)19-9-7-8-17(14-19)28-25(33)26(2,3)27/h5-15H,27H2,1-4H3,(H,28,33)(H,29,31)(H,30,32). The van der Waals surface area contributed by atoms with Crippen molar-refractivity contribution >= 4 is 50.0 Å². The molecule has 1 aromatic heterocycles. The van der Waals surface area contributed by atoms with Crippen LogP contribution in [0.2, 0.25) is 0 Å². The van der Waals surface area contributed by atoms with Crippen molar-refractivity contribution in [2.45, 2.75) is 31.2 Å². The van der Waals surface area contributed by atoms with Crippen molar-refractivity contribution in [3.05, 3.63) is 72.3 Å².